The van der Waals surface area contributed by atoms with E-state index < -0.39 is 5.60 Å². The van der Waals surface area contributed by atoms with Crippen LogP contribution in [0.3, 0.4) is 0 Å². The van der Waals surface area contributed by atoms with Gasteiger partial charge in [0.05, 0.1) is 5.60 Å². The summed E-state index contributed by atoms with van der Waals surface area (Å²) in [5, 5.41) is 11.1. The molecular formula is C26H26FNO2. The summed E-state index contributed by atoms with van der Waals surface area (Å²) in [6, 6.07) is 23.8. The Balaban J connectivity index is 1.31. The molecule has 1 aliphatic rings. The molecule has 0 aromatic heterocycles. The predicted octanol–water partition coefficient (Wildman–Crippen LogP) is 5.61. The first kappa shape index (κ1) is 20.3. The van der Waals surface area contributed by atoms with Crippen LogP contribution in [-0.2, 0) is 5.60 Å². The van der Waals surface area contributed by atoms with Crippen molar-refractivity contribution >= 4 is 6.08 Å². The lowest BCUT2D eigenvalue weighted by atomic mass is 9.84. The van der Waals surface area contributed by atoms with Crippen molar-refractivity contribution in [1.29, 1.82) is 0 Å². The van der Waals surface area contributed by atoms with Crippen LogP contribution in [0.15, 0.2) is 84.9 Å². The van der Waals surface area contributed by atoms with Crippen molar-refractivity contribution in [2.75, 3.05) is 19.6 Å². The number of likely N-dealkylation sites (tertiary alicyclic amines) is 1. The average Bonchev–Trinajstić information content (AvgIpc) is 2.78. The highest BCUT2D eigenvalue weighted by Crippen LogP contribution is 2.34. The van der Waals surface area contributed by atoms with Crippen molar-refractivity contribution in [3.63, 3.8) is 0 Å². The molecule has 0 spiro atoms. The first-order valence-electron chi connectivity index (χ1n) is 10.3. The second kappa shape index (κ2) is 9.24. The summed E-state index contributed by atoms with van der Waals surface area (Å²) in [5.41, 5.74) is 1.30. The molecule has 4 heteroatoms. The maximum atomic E-state index is 13.0. The standard InChI is InChI=1S/C26H26FNO2/c27-23-10-14-25(15-11-23)30-24-12-8-22(9-13-24)26(29)16-19-28(20-17-26)18-4-7-21-5-2-1-3-6-21/h1-15,29H,16-20H2. The van der Waals surface area contributed by atoms with Crippen LogP contribution in [0.5, 0.6) is 11.5 Å². The van der Waals surface area contributed by atoms with Gasteiger partial charge in [0, 0.05) is 19.6 Å². The quantitative estimate of drug-likeness (QED) is 0.580. The Morgan fingerprint density at radius 3 is 2.10 bits per heavy atom. The molecule has 3 aromatic carbocycles. The Labute approximate surface area is 177 Å². The monoisotopic (exact) mass is 403 g/mol. The van der Waals surface area contributed by atoms with Gasteiger partial charge in [-0.15, -0.1) is 0 Å². The predicted molar refractivity (Wildman–Crippen MR) is 118 cm³/mol. The lowest BCUT2D eigenvalue weighted by molar-refractivity contribution is -0.0233. The fraction of sp³-hybridized carbons (Fsp3) is 0.231. The minimum Gasteiger partial charge on any atom is -0.457 e. The van der Waals surface area contributed by atoms with E-state index >= 15 is 0 Å². The van der Waals surface area contributed by atoms with E-state index in [4.69, 9.17) is 4.74 Å². The zero-order valence-electron chi connectivity index (χ0n) is 16.9. The summed E-state index contributed by atoms with van der Waals surface area (Å²) < 4.78 is 18.8. The molecule has 0 saturated carbocycles. The molecule has 0 atom stereocenters. The van der Waals surface area contributed by atoms with E-state index in [1.807, 2.05) is 42.5 Å². The van der Waals surface area contributed by atoms with Crippen molar-refractivity contribution in [2.24, 2.45) is 0 Å². The van der Waals surface area contributed by atoms with Gasteiger partial charge >= 0.3 is 0 Å². The van der Waals surface area contributed by atoms with E-state index in [0.717, 1.165) is 25.2 Å². The Bertz CT molecular complexity index is 960. The zero-order chi connectivity index (χ0) is 20.8. The van der Waals surface area contributed by atoms with Gasteiger partial charge in [-0.3, -0.25) is 4.90 Å². The number of aliphatic hydroxyl groups is 1. The fourth-order valence-corrected chi connectivity index (χ4v) is 3.77. The van der Waals surface area contributed by atoms with E-state index in [1.165, 1.54) is 17.7 Å². The highest BCUT2D eigenvalue weighted by molar-refractivity contribution is 5.48. The lowest BCUT2D eigenvalue weighted by Crippen LogP contribution is -2.42. The van der Waals surface area contributed by atoms with Gasteiger partial charge in [0.1, 0.15) is 17.3 Å². The molecule has 1 N–H and O–H groups in total. The van der Waals surface area contributed by atoms with Gasteiger partial charge < -0.3 is 9.84 Å². The maximum absolute atomic E-state index is 13.0. The third-order valence-electron chi connectivity index (χ3n) is 5.60. The molecule has 0 bridgehead atoms. The van der Waals surface area contributed by atoms with Gasteiger partial charge in [-0.1, -0.05) is 54.6 Å². The third kappa shape index (κ3) is 5.15. The lowest BCUT2D eigenvalue weighted by Gasteiger charge is -2.38. The van der Waals surface area contributed by atoms with Crippen molar-refractivity contribution in [3.05, 3.63) is 102 Å². The topological polar surface area (TPSA) is 32.7 Å². The van der Waals surface area contributed by atoms with Crippen LogP contribution in [0.2, 0.25) is 0 Å². The molecule has 3 nitrogen and oxygen atoms in total. The molecule has 1 aliphatic heterocycles. The van der Waals surface area contributed by atoms with Crippen LogP contribution in [-0.4, -0.2) is 29.6 Å². The summed E-state index contributed by atoms with van der Waals surface area (Å²) in [6.07, 6.45) is 5.72. The number of hydrogen-bond acceptors (Lipinski definition) is 3. The van der Waals surface area contributed by atoms with Gasteiger partial charge in [-0.25, -0.2) is 4.39 Å². The number of rotatable bonds is 6. The molecule has 3 aromatic rings. The molecule has 1 fully saturated rings. The summed E-state index contributed by atoms with van der Waals surface area (Å²) in [6.45, 7) is 2.59. The molecule has 1 saturated heterocycles. The van der Waals surface area contributed by atoms with Crippen LogP contribution < -0.4 is 4.74 Å². The van der Waals surface area contributed by atoms with Gasteiger partial charge in [0.15, 0.2) is 0 Å². The molecule has 1 heterocycles. The van der Waals surface area contributed by atoms with Crippen LogP contribution in [0, 0.1) is 5.82 Å². The zero-order valence-corrected chi connectivity index (χ0v) is 16.9. The first-order valence-corrected chi connectivity index (χ1v) is 10.3. The molecule has 0 aliphatic carbocycles. The van der Waals surface area contributed by atoms with E-state index in [-0.39, 0.29) is 5.82 Å². The summed E-state index contributed by atoms with van der Waals surface area (Å²) in [7, 11) is 0. The summed E-state index contributed by atoms with van der Waals surface area (Å²) in [5.74, 6) is 0.957. The van der Waals surface area contributed by atoms with E-state index in [9.17, 15) is 9.50 Å². The number of hydrogen-bond donors (Lipinski definition) is 1. The Hall–Kier alpha value is -2.95. The third-order valence-corrected chi connectivity index (χ3v) is 5.60. The van der Waals surface area contributed by atoms with Gasteiger partial charge in [-0.05, 0) is 60.4 Å². The van der Waals surface area contributed by atoms with E-state index in [0.29, 0.717) is 24.3 Å². The Morgan fingerprint density at radius 1 is 0.867 bits per heavy atom. The largest absolute Gasteiger partial charge is 0.457 e. The molecule has 0 amide bonds. The number of nitrogens with zero attached hydrogens (tertiary/aromatic N) is 1. The number of halogens is 1. The minimum atomic E-state index is -0.811. The molecule has 30 heavy (non-hydrogen) atoms. The van der Waals surface area contributed by atoms with Gasteiger partial charge in [0.25, 0.3) is 0 Å². The van der Waals surface area contributed by atoms with Crippen LogP contribution >= 0.6 is 0 Å². The summed E-state index contributed by atoms with van der Waals surface area (Å²) in [4.78, 5) is 2.36. The molecule has 0 unspecified atom stereocenters. The second-order valence-electron chi connectivity index (χ2n) is 7.73. The van der Waals surface area contributed by atoms with Crippen LogP contribution in [0.4, 0.5) is 4.39 Å². The SMILES string of the molecule is OC1(c2ccc(Oc3ccc(F)cc3)cc2)CCN(CC=Cc2ccccc2)CC1. The van der Waals surface area contributed by atoms with Crippen LogP contribution in [0.25, 0.3) is 6.08 Å². The Kier molecular flexibility index (Phi) is 6.26. The number of benzene rings is 3. The van der Waals surface area contributed by atoms with Crippen LogP contribution in [0.1, 0.15) is 24.0 Å². The first-order chi connectivity index (χ1) is 14.6. The van der Waals surface area contributed by atoms with Crippen molar-refractivity contribution < 1.29 is 14.2 Å². The maximum Gasteiger partial charge on any atom is 0.127 e. The van der Waals surface area contributed by atoms with Crippen molar-refractivity contribution in [1.82, 2.24) is 4.90 Å². The average molecular weight is 403 g/mol. The highest BCUT2D eigenvalue weighted by atomic mass is 19.1. The minimum absolute atomic E-state index is 0.290. The smallest absolute Gasteiger partial charge is 0.127 e. The second-order valence-corrected chi connectivity index (χ2v) is 7.73. The van der Waals surface area contributed by atoms with E-state index in [2.05, 4.69) is 29.2 Å². The van der Waals surface area contributed by atoms with Crippen molar-refractivity contribution in [2.45, 2.75) is 18.4 Å². The molecule has 4 rings (SSSR count). The van der Waals surface area contributed by atoms with Crippen molar-refractivity contribution in [3.8, 4) is 11.5 Å². The number of piperidine rings is 1. The normalized spacial score (nSPS) is 16.6. The molecular weight excluding hydrogens is 377 g/mol. The van der Waals surface area contributed by atoms with Gasteiger partial charge in [0.2, 0.25) is 0 Å². The highest BCUT2D eigenvalue weighted by Gasteiger charge is 2.33. The number of ether oxygens (including phenoxy) is 1. The molecule has 154 valence electrons. The summed E-state index contributed by atoms with van der Waals surface area (Å²) >= 11 is 0. The van der Waals surface area contributed by atoms with E-state index in [1.54, 1.807) is 12.1 Å². The molecule has 0 radical (unpaired) electrons. The fourth-order valence-electron chi connectivity index (χ4n) is 3.77. The van der Waals surface area contributed by atoms with Gasteiger partial charge in [-0.2, -0.15) is 0 Å². The Morgan fingerprint density at radius 2 is 1.47 bits per heavy atom.